The van der Waals surface area contributed by atoms with Gasteiger partial charge in [-0.1, -0.05) is 6.92 Å². The summed E-state index contributed by atoms with van der Waals surface area (Å²) in [5.74, 6) is -0.0690. The molecule has 0 heterocycles. The molecule has 17 heavy (non-hydrogen) atoms. The summed E-state index contributed by atoms with van der Waals surface area (Å²) < 4.78 is 5.32. The van der Waals surface area contributed by atoms with Crippen LogP contribution in [0.15, 0.2) is 24.3 Å². The highest BCUT2D eigenvalue weighted by Crippen LogP contribution is 2.21. The summed E-state index contributed by atoms with van der Waals surface area (Å²) in [6, 6.07) is 7.29. The Balaban J connectivity index is 2.77. The summed E-state index contributed by atoms with van der Waals surface area (Å²) in [6.45, 7) is 6.06. The number of ether oxygens (including phenoxy) is 1. The topological polar surface area (TPSA) is 58.6 Å². The first-order valence-corrected chi connectivity index (χ1v) is 5.76. The van der Waals surface area contributed by atoms with Crippen LogP contribution in [0, 0.1) is 0 Å². The van der Waals surface area contributed by atoms with Crippen LogP contribution in [0.5, 0.6) is 5.75 Å². The number of hydrogen-bond donors (Lipinski definition) is 2. The van der Waals surface area contributed by atoms with Crippen molar-refractivity contribution < 1.29 is 14.6 Å². The maximum atomic E-state index is 11.1. The zero-order valence-corrected chi connectivity index (χ0v) is 10.5. The zero-order chi connectivity index (χ0) is 12.9. The molecule has 0 amide bonds. The fourth-order valence-corrected chi connectivity index (χ4v) is 1.41. The Morgan fingerprint density at radius 2 is 1.94 bits per heavy atom. The largest absolute Gasteiger partial charge is 0.494 e. The van der Waals surface area contributed by atoms with E-state index in [-0.39, 0.29) is 0 Å². The smallest absolute Gasteiger partial charge is 0.329 e. The van der Waals surface area contributed by atoms with Crippen molar-refractivity contribution in [2.45, 2.75) is 32.7 Å². The third-order valence-corrected chi connectivity index (χ3v) is 2.76. The normalized spacial score (nSPS) is 13.8. The molecule has 0 aliphatic carbocycles. The number of rotatable bonds is 6. The Bertz CT molecular complexity index is 375. The summed E-state index contributed by atoms with van der Waals surface area (Å²) >= 11 is 0. The van der Waals surface area contributed by atoms with E-state index in [1.165, 1.54) is 0 Å². The second-order valence-corrected chi connectivity index (χ2v) is 4.07. The Hall–Kier alpha value is -1.71. The molecular formula is C13H19NO3. The number of carboxylic acids is 1. The van der Waals surface area contributed by atoms with Crippen molar-refractivity contribution in [1.82, 2.24) is 0 Å². The molecule has 1 atom stereocenters. The van der Waals surface area contributed by atoms with Gasteiger partial charge in [-0.25, -0.2) is 4.79 Å². The van der Waals surface area contributed by atoms with Gasteiger partial charge in [0.2, 0.25) is 0 Å². The maximum Gasteiger partial charge on any atom is 0.329 e. The quantitative estimate of drug-likeness (QED) is 0.798. The molecule has 0 bridgehead atoms. The number of anilines is 1. The molecule has 0 aliphatic rings. The average molecular weight is 237 g/mol. The van der Waals surface area contributed by atoms with Crippen molar-refractivity contribution in [3.63, 3.8) is 0 Å². The molecule has 0 radical (unpaired) electrons. The molecule has 4 nitrogen and oxygen atoms in total. The molecule has 1 aromatic rings. The lowest BCUT2D eigenvalue weighted by molar-refractivity contribution is -0.141. The van der Waals surface area contributed by atoms with Crippen LogP contribution in [0.3, 0.4) is 0 Å². The number of benzene rings is 1. The van der Waals surface area contributed by atoms with Crippen molar-refractivity contribution in [3.8, 4) is 5.75 Å². The molecule has 0 aliphatic heterocycles. The van der Waals surface area contributed by atoms with Crippen LogP contribution >= 0.6 is 0 Å². The van der Waals surface area contributed by atoms with Crippen molar-refractivity contribution in [3.05, 3.63) is 24.3 Å². The fraction of sp³-hybridized carbons (Fsp3) is 0.462. The summed E-state index contributed by atoms with van der Waals surface area (Å²) in [5, 5.41) is 12.2. The highest BCUT2D eigenvalue weighted by molar-refractivity contribution is 5.82. The van der Waals surface area contributed by atoms with E-state index >= 15 is 0 Å². The summed E-state index contributed by atoms with van der Waals surface area (Å²) in [5.41, 5.74) is -0.159. The molecular weight excluding hydrogens is 218 g/mol. The van der Waals surface area contributed by atoms with Gasteiger partial charge in [-0.3, -0.25) is 0 Å². The minimum atomic E-state index is -0.937. The van der Waals surface area contributed by atoms with Gasteiger partial charge in [-0.15, -0.1) is 0 Å². The molecule has 0 spiro atoms. The van der Waals surface area contributed by atoms with E-state index in [0.29, 0.717) is 13.0 Å². The van der Waals surface area contributed by atoms with Crippen LogP contribution in [0.25, 0.3) is 0 Å². The van der Waals surface area contributed by atoms with Gasteiger partial charge in [0.15, 0.2) is 0 Å². The first kappa shape index (κ1) is 13.4. The van der Waals surface area contributed by atoms with E-state index in [1.54, 1.807) is 6.92 Å². The lowest BCUT2D eigenvalue weighted by atomic mass is 9.99. The number of nitrogens with one attached hydrogen (secondary N) is 1. The fourth-order valence-electron chi connectivity index (χ4n) is 1.41. The Kier molecular flexibility index (Phi) is 4.37. The molecule has 0 saturated heterocycles. The van der Waals surface area contributed by atoms with Crippen molar-refractivity contribution in [1.29, 1.82) is 0 Å². The SMILES string of the molecule is CCOc1ccc(NC(C)(CC)C(=O)O)cc1. The first-order valence-electron chi connectivity index (χ1n) is 5.76. The molecule has 2 N–H and O–H groups in total. The lowest BCUT2D eigenvalue weighted by Crippen LogP contribution is -2.42. The Morgan fingerprint density at radius 1 is 1.35 bits per heavy atom. The highest BCUT2D eigenvalue weighted by Gasteiger charge is 2.30. The van der Waals surface area contributed by atoms with Gasteiger partial charge in [0.25, 0.3) is 0 Å². The third kappa shape index (κ3) is 3.37. The van der Waals surface area contributed by atoms with Gasteiger partial charge < -0.3 is 15.2 Å². The maximum absolute atomic E-state index is 11.1. The van der Waals surface area contributed by atoms with Gasteiger partial charge in [-0.05, 0) is 44.5 Å². The predicted molar refractivity (Wildman–Crippen MR) is 67.6 cm³/mol. The summed E-state index contributed by atoms with van der Waals surface area (Å²) in [4.78, 5) is 11.1. The van der Waals surface area contributed by atoms with E-state index in [1.807, 2.05) is 38.1 Å². The minimum absolute atomic E-state index is 0.509. The Labute approximate surface area is 102 Å². The molecule has 0 fully saturated rings. The van der Waals surface area contributed by atoms with Gasteiger partial charge in [0, 0.05) is 5.69 Å². The summed E-state index contributed by atoms with van der Waals surface area (Å²) in [6.07, 6.45) is 0.509. The number of carboxylic acid groups (broad SMARTS) is 1. The van der Waals surface area contributed by atoms with Crippen molar-refractivity contribution in [2.24, 2.45) is 0 Å². The standard InChI is InChI=1S/C13H19NO3/c1-4-13(3,12(15)16)14-10-6-8-11(9-7-10)17-5-2/h6-9,14H,4-5H2,1-3H3,(H,15,16). The summed E-state index contributed by atoms with van der Waals surface area (Å²) in [7, 11) is 0. The van der Waals surface area contributed by atoms with E-state index < -0.39 is 11.5 Å². The first-order chi connectivity index (χ1) is 8.01. The van der Waals surface area contributed by atoms with E-state index in [0.717, 1.165) is 11.4 Å². The second-order valence-electron chi connectivity index (χ2n) is 4.07. The predicted octanol–water partition coefficient (Wildman–Crippen LogP) is 2.75. The van der Waals surface area contributed by atoms with E-state index in [4.69, 9.17) is 9.84 Å². The van der Waals surface area contributed by atoms with E-state index in [2.05, 4.69) is 5.32 Å². The van der Waals surface area contributed by atoms with Crippen LogP contribution in [-0.4, -0.2) is 23.2 Å². The zero-order valence-electron chi connectivity index (χ0n) is 10.5. The van der Waals surface area contributed by atoms with Gasteiger partial charge in [0.1, 0.15) is 11.3 Å². The van der Waals surface area contributed by atoms with Crippen LogP contribution in [0.4, 0.5) is 5.69 Å². The molecule has 1 unspecified atom stereocenters. The minimum Gasteiger partial charge on any atom is -0.494 e. The molecule has 1 aromatic carbocycles. The third-order valence-electron chi connectivity index (χ3n) is 2.76. The van der Waals surface area contributed by atoms with Gasteiger partial charge >= 0.3 is 5.97 Å². The van der Waals surface area contributed by atoms with Crippen LogP contribution < -0.4 is 10.1 Å². The number of aliphatic carboxylic acids is 1. The molecule has 0 saturated carbocycles. The van der Waals surface area contributed by atoms with Crippen LogP contribution in [0.1, 0.15) is 27.2 Å². The Morgan fingerprint density at radius 3 is 2.35 bits per heavy atom. The van der Waals surface area contributed by atoms with Gasteiger partial charge in [0.05, 0.1) is 6.61 Å². The van der Waals surface area contributed by atoms with Crippen molar-refractivity contribution in [2.75, 3.05) is 11.9 Å². The highest BCUT2D eigenvalue weighted by atomic mass is 16.5. The molecule has 0 aromatic heterocycles. The molecule has 4 heteroatoms. The number of carbonyl (C=O) groups is 1. The van der Waals surface area contributed by atoms with Gasteiger partial charge in [-0.2, -0.15) is 0 Å². The van der Waals surface area contributed by atoms with Crippen LogP contribution in [-0.2, 0) is 4.79 Å². The number of hydrogen-bond acceptors (Lipinski definition) is 3. The van der Waals surface area contributed by atoms with Crippen molar-refractivity contribution >= 4 is 11.7 Å². The van der Waals surface area contributed by atoms with E-state index in [9.17, 15) is 4.79 Å². The lowest BCUT2D eigenvalue weighted by Gasteiger charge is -2.25. The average Bonchev–Trinajstić information content (AvgIpc) is 2.31. The monoisotopic (exact) mass is 237 g/mol. The molecule has 94 valence electrons. The van der Waals surface area contributed by atoms with Crippen LogP contribution in [0.2, 0.25) is 0 Å². The molecule has 1 rings (SSSR count). The second kappa shape index (κ2) is 5.57.